The van der Waals surface area contributed by atoms with Gasteiger partial charge in [-0.2, -0.15) is 0 Å². The summed E-state index contributed by atoms with van der Waals surface area (Å²) >= 11 is 0. The number of anilines is 1. The Morgan fingerprint density at radius 3 is 2.34 bits per heavy atom. The first-order valence-corrected chi connectivity index (χ1v) is 12.4. The van der Waals surface area contributed by atoms with Gasteiger partial charge in [0, 0.05) is 29.6 Å². The third-order valence-corrected chi connectivity index (χ3v) is 7.71. The van der Waals surface area contributed by atoms with Crippen LogP contribution in [0.4, 0.5) is 10.1 Å². The fourth-order valence-corrected chi connectivity index (χ4v) is 5.58. The van der Waals surface area contributed by atoms with Crippen molar-refractivity contribution in [3.63, 3.8) is 0 Å². The minimum absolute atomic E-state index is 0.0692. The van der Waals surface area contributed by atoms with Crippen molar-refractivity contribution < 1.29 is 27.1 Å². The molecule has 4 rings (SSSR count). The SMILES string of the molecule is COc1ccc(C(=O)NCc2ccc3c(c2)N(S(=O)(=O)c2ccc(F)cc2)CC(C)(C)C3=O)cc1. The molecule has 0 aliphatic carbocycles. The number of nitrogens with one attached hydrogen (secondary N) is 1. The number of carbonyl (C=O) groups is 2. The fourth-order valence-electron chi connectivity index (χ4n) is 3.94. The summed E-state index contributed by atoms with van der Waals surface area (Å²) < 4.78 is 46.6. The van der Waals surface area contributed by atoms with Crippen LogP contribution >= 0.6 is 0 Å². The van der Waals surface area contributed by atoms with Gasteiger partial charge in [0.05, 0.1) is 17.7 Å². The number of nitrogens with zero attached hydrogens (tertiary/aromatic N) is 1. The van der Waals surface area contributed by atoms with E-state index in [4.69, 9.17) is 4.74 Å². The quantitative estimate of drug-likeness (QED) is 0.553. The van der Waals surface area contributed by atoms with Crippen LogP contribution in [0.25, 0.3) is 0 Å². The molecule has 0 radical (unpaired) electrons. The van der Waals surface area contributed by atoms with Crippen molar-refractivity contribution in [1.82, 2.24) is 5.32 Å². The molecule has 0 unspecified atom stereocenters. The predicted octanol–water partition coefficient (Wildman–Crippen LogP) is 4.18. The molecule has 182 valence electrons. The molecule has 0 aromatic heterocycles. The molecule has 0 saturated heterocycles. The third-order valence-electron chi connectivity index (χ3n) is 5.94. The van der Waals surface area contributed by atoms with Gasteiger partial charge in [0.2, 0.25) is 0 Å². The maximum absolute atomic E-state index is 13.5. The fraction of sp³-hybridized carbons (Fsp3) is 0.231. The molecule has 0 fully saturated rings. The Morgan fingerprint density at radius 2 is 1.71 bits per heavy atom. The van der Waals surface area contributed by atoms with E-state index in [2.05, 4.69) is 5.32 Å². The molecule has 1 aliphatic heterocycles. The topological polar surface area (TPSA) is 92.8 Å². The van der Waals surface area contributed by atoms with Gasteiger partial charge in [0.1, 0.15) is 11.6 Å². The summed E-state index contributed by atoms with van der Waals surface area (Å²) in [6.07, 6.45) is 0. The van der Waals surface area contributed by atoms with E-state index in [1.54, 1.807) is 56.3 Å². The van der Waals surface area contributed by atoms with E-state index in [0.29, 0.717) is 16.9 Å². The highest BCUT2D eigenvalue weighted by Gasteiger charge is 2.42. The molecule has 0 spiro atoms. The number of hydrogen-bond acceptors (Lipinski definition) is 5. The Labute approximate surface area is 203 Å². The van der Waals surface area contributed by atoms with Gasteiger partial charge in [0.15, 0.2) is 5.78 Å². The van der Waals surface area contributed by atoms with E-state index in [0.717, 1.165) is 12.1 Å². The number of fused-ring (bicyclic) bond motifs is 1. The zero-order chi connectivity index (χ0) is 25.4. The van der Waals surface area contributed by atoms with Crippen LogP contribution in [0.2, 0.25) is 0 Å². The number of hydrogen-bond donors (Lipinski definition) is 1. The van der Waals surface area contributed by atoms with E-state index < -0.39 is 21.3 Å². The third kappa shape index (κ3) is 4.77. The van der Waals surface area contributed by atoms with Crippen LogP contribution in [-0.2, 0) is 16.6 Å². The molecular weight excluding hydrogens is 471 g/mol. The van der Waals surface area contributed by atoms with Crippen molar-refractivity contribution in [2.75, 3.05) is 18.0 Å². The summed E-state index contributed by atoms with van der Waals surface area (Å²) in [4.78, 5) is 25.5. The van der Waals surface area contributed by atoms with Gasteiger partial charge in [-0.1, -0.05) is 19.9 Å². The Bertz CT molecular complexity index is 1380. The molecule has 1 aliphatic rings. The lowest BCUT2D eigenvalue weighted by Crippen LogP contribution is -2.47. The van der Waals surface area contributed by atoms with Crippen LogP contribution in [-0.4, -0.2) is 33.8 Å². The van der Waals surface area contributed by atoms with Crippen molar-refractivity contribution in [2.24, 2.45) is 5.41 Å². The molecule has 0 atom stereocenters. The molecule has 35 heavy (non-hydrogen) atoms. The van der Waals surface area contributed by atoms with Gasteiger partial charge in [-0.25, -0.2) is 12.8 Å². The van der Waals surface area contributed by atoms with Gasteiger partial charge >= 0.3 is 0 Å². The predicted molar refractivity (Wildman–Crippen MR) is 130 cm³/mol. The van der Waals surface area contributed by atoms with Crippen LogP contribution in [0.5, 0.6) is 5.75 Å². The molecule has 1 heterocycles. The minimum Gasteiger partial charge on any atom is -0.497 e. The molecule has 3 aromatic carbocycles. The van der Waals surface area contributed by atoms with Crippen LogP contribution in [0.1, 0.15) is 40.1 Å². The number of halogens is 1. The van der Waals surface area contributed by atoms with Crippen LogP contribution in [0, 0.1) is 11.2 Å². The molecule has 1 N–H and O–H groups in total. The zero-order valence-corrected chi connectivity index (χ0v) is 20.4. The Hall–Kier alpha value is -3.72. The minimum atomic E-state index is -4.07. The Kier molecular flexibility index (Phi) is 6.38. The lowest BCUT2D eigenvalue weighted by molar-refractivity contribution is 0.0839. The standard InChI is InChI=1S/C26H25FN2O5S/c1-26(2)16-29(35(32,33)21-11-7-19(27)8-12-21)23-14-17(4-13-22(23)24(26)30)15-28-25(31)18-5-9-20(34-3)10-6-18/h4-14H,15-16H2,1-3H3,(H,28,31). The Balaban J connectivity index is 1.65. The van der Waals surface area contributed by atoms with E-state index in [-0.39, 0.29) is 40.9 Å². The number of ketones is 1. The molecule has 9 heteroatoms. The number of sulfonamides is 1. The second-order valence-electron chi connectivity index (χ2n) is 8.94. The highest BCUT2D eigenvalue weighted by atomic mass is 32.2. The van der Waals surface area contributed by atoms with E-state index in [1.807, 2.05) is 0 Å². The maximum atomic E-state index is 13.5. The zero-order valence-electron chi connectivity index (χ0n) is 19.5. The highest BCUT2D eigenvalue weighted by molar-refractivity contribution is 7.92. The molecule has 0 bridgehead atoms. The summed E-state index contributed by atoms with van der Waals surface area (Å²) in [6, 6.07) is 16.1. The second-order valence-corrected chi connectivity index (χ2v) is 10.8. The first-order chi connectivity index (χ1) is 16.5. The summed E-state index contributed by atoms with van der Waals surface area (Å²) in [5.41, 5.74) is 0.620. The molecule has 0 saturated carbocycles. The summed E-state index contributed by atoms with van der Waals surface area (Å²) in [5, 5.41) is 2.80. The van der Waals surface area contributed by atoms with Crippen LogP contribution < -0.4 is 14.4 Å². The monoisotopic (exact) mass is 496 g/mol. The van der Waals surface area contributed by atoms with E-state index in [1.165, 1.54) is 23.5 Å². The molecule has 7 nitrogen and oxygen atoms in total. The average Bonchev–Trinajstić information content (AvgIpc) is 2.85. The first-order valence-electron chi connectivity index (χ1n) is 10.9. The smallest absolute Gasteiger partial charge is 0.264 e. The van der Waals surface area contributed by atoms with Crippen molar-refractivity contribution in [1.29, 1.82) is 0 Å². The molecule has 3 aromatic rings. The van der Waals surface area contributed by atoms with Crippen molar-refractivity contribution in [3.8, 4) is 5.75 Å². The van der Waals surface area contributed by atoms with Gasteiger partial charge in [-0.3, -0.25) is 13.9 Å². The number of carbonyl (C=O) groups excluding carboxylic acids is 2. The van der Waals surface area contributed by atoms with E-state index >= 15 is 0 Å². The highest BCUT2D eigenvalue weighted by Crippen LogP contribution is 2.39. The summed E-state index contributed by atoms with van der Waals surface area (Å²) in [5.74, 6) is -0.398. The number of rotatable bonds is 6. The van der Waals surface area contributed by atoms with Crippen LogP contribution in [0.3, 0.4) is 0 Å². The van der Waals surface area contributed by atoms with Gasteiger partial charge in [-0.05, 0) is 66.2 Å². The number of ether oxygens (including phenoxy) is 1. The van der Waals surface area contributed by atoms with Crippen LogP contribution in [0.15, 0.2) is 71.6 Å². The number of benzene rings is 3. The summed E-state index contributed by atoms with van der Waals surface area (Å²) in [6.45, 7) is 3.43. The largest absolute Gasteiger partial charge is 0.497 e. The number of Topliss-reactive ketones (excluding diaryl/α,β-unsaturated/α-hetero) is 1. The number of amides is 1. The van der Waals surface area contributed by atoms with Crippen molar-refractivity contribution in [2.45, 2.75) is 25.3 Å². The Morgan fingerprint density at radius 1 is 1.06 bits per heavy atom. The number of methoxy groups -OCH3 is 1. The summed E-state index contributed by atoms with van der Waals surface area (Å²) in [7, 11) is -2.53. The lowest BCUT2D eigenvalue weighted by atomic mass is 9.80. The molecular formula is C26H25FN2O5S. The lowest BCUT2D eigenvalue weighted by Gasteiger charge is -2.38. The van der Waals surface area contributed by atoms with Gasteiger partial charge in [0.25, 0.3) is 15.9 Å². The maximum Gasteiger partial charge on any atom is 0.264 e. The normalized spacial score (nSPS) is 14.9. The van der Waals surface area contributed by atoms with Gasteiger partial charge < -0.3 is 10.1 Å². The van der Waals surface area contributed by atoms with Crippen molar-refractivity contribution in [3.05, 3.63) is 89.2 Å². The van der Waals surface area contributed by atoms with Crippen molar-refractivity contribution >= 4 is 27.4 Å². The van der Waals surface area contributed by atoms with E-state index in [9.17, 15) is 22.4 Å². The van der Waals surface area contributed by atoms with Gasteiger partial charge in [-0.15, -0.1) is 0 Å². The average molecular weight is 497 g/mol. The molecule has 1 amide bonds. The second kappa shape index (κ2) is 9.14. The first kappa shape index (κ1) is 24.4.